The lowest BCUT2D eigenvalue weighted by Gasteiger charge is -2.34. The molecule has 0 saturated heterocycles. The van der Waals surface area contributed by atoms with Gasteiger partial charge in [0.05, 0.1) is 7.11 Å². The Morgan fingerprint density at radius 1 is 1.03 bits per heavy atom. The fraction of sp³-hybridized carbons (Fsp3) is 0.429. The molecule has 0 saturated carbocycles. The van der Waals surface area contributed by atoms with E-state index in [0.717, 1.165) is 5.56 Å². The van der Waals surface area contributed by atoms with Crippen molar-refractivity contribution in [3.63, 3.8) is 0 Å². The highest BCUT2D eigenvalue weighted by molar-refractivity contribution is 5.99. The van der Waals surface area contributed by atoms with Gasteiger partial charge in [-0.1, -0.05) is 24.3 Å². The number of benzene rings is 2. The van der Waals surface area contributed by atoms with E-state index in [9.17, 15) is 19.2 Å². The highest BCUT2D eigenvalue weighted by atomic mass is 16.6. The van der Waals surface area contributed by atoms with Crippen LogP contribution in [0, 0.1) is 6.92 Å². The maximum Gasteiger partial charge on any atom is 0.408 e. The molecule has 0 aliphatic rings. The largest absolute Gasteiger partial charge is 0.497 e. The average molecular weight is 527 g/mol. The van der Waals surface area contributed by atoms with Gasteiger partial charge in [-0.05, 0) is 76.4 Å². The van der Waals surface area contributed by atoms with Gasteiger partial charge in [-0.3, -0.25) is 14.4 Å². The summed E-state index contributed by atoms with van der Waals surface area (Å²) in [6.07, 6.45) is -1.01. The van der Waals surface area contributed by atoms with Crippen molar-refractivity contribution < 1.29 is 28.7 Å². The first-order valence-electron chi connectivity index (χ1n) is 12.4. The highest BCUT2D eigenvalue weighted by Crippen LogP contribution is 2.27. The Labute approximate surface area is 223 Å². The van der Waals surface area contributed by atoms with Crippen molar-refractivity contribution in [2.24, 2.45) is 5.73 Å². The summed E-state index contributed by atoms with van der Waals surface area (Å²) >= 11 is 0. The second kappa shape index (κ2) is 13.5. The Morgan fingerprint density at radius 3 is 2.18 bits per heavy atom. The van der Waals surface area contributed by atoms with Crippen molar-refractivity contribution >= 4 is 29.5 Å². The molecule has 2 unspecified atom stereocenters. The number of nitrogens with zero attached hydrogens (tertiary/aromatic N) is 1. The first kappa shape index (κ1) is 30.1. The number of likely N-dealkylation sites (N-methyl/N-ethyl adjacent to an activating group) is 1. The normalized spacial score (nSPS) is 12.6. The van der Waals surface area contributed by atoms with E-state index in [2.05, 4.69) is 10.6 Å². The predicted molar refractivity (Wildman–Crippen MR) is 145 cm³/mol. The van der Waals surface area contributed by atoms with Gasteiger partial charge in [-0.25, -0.2) is 4.79 Å². The van der Waals surface area contributed by atoms with Crippen molar-refractivity contribution in [3.8, 4) is 5.75 Å². The van der Waals surface area contributed by atoms with Crippen LogP contribution in [-0.4, -0.2) is 54.0 Å². The third kappa shape index (κ3) is 8.79. The van der Waals surface area contributed by atoms with Crippen LogP contribution in [0.25, 0.3) is 0 Å². The van der Waals surface area contributed by atoms with Gasteiger partial charge in [0.25, 0.3) is 5.91 Å². The molecule has 10 nitrogen and oxygen atoms in total. The van der Waals surface area contributed by atoms with Crippen LogP contribution in [0.4, 0.5) is 10.5 Å². The number of hydrogen-bond donors (Lipinski definition) is 3. The number of nitrogens with two attached hydrogens (primary N) is 1. The number of aryl methyl sites for hydroxylation is 1. The summed E-state index contributed by atoms with van der Waals surface area (Å²) in [4.78, 5) is 53.0. The lowest BCUT2D eigenvalue weighted by Crippen LogP contribution is -2.52. The number of carbonyl (C=O) groups is 4. The number of anilines is 1. The molecule has 0 aliphatic heterocycles. The van der Waals surface area contributed by atoms with E-state index in [4.69, 9.17) is 15.2 Å². The monoisotopic (exact) mass is 526 g/mol. The summed E-state index contributed by atoms with van der Waals surface area (Å²) in [7, 11) is 1.55. The van der Waals surface area contributed by atoms with E-state index in [-0.39, 0.29) is 19.4 Å². The molecule has 0 bridgehead atoms. The predicted octanol–water partition coefficient (Wildman–Crippen LogP) is 3.69. The second-order valence-electron chi connectivity index (χ2n) is 9.80. The van der Waals surface area contributed by atoms with Gasteiger partial charge in [0.15, 0.2) is 0 Å². The molecular formula is C28H38N4O6. The highest BCUT2D eigenvalue weighted by Gasteiger charge is 2.36. The summed E-state index contributed by atoms with van der Waals surface area (Å²) in [5.74, 6) is -0.970. The molecule has 2 aromatic rings. The number of amides is 4. The zero-order valence-electron chi connectivity index (χ0n) is 22.9. The molecule has 38 heavy (non-hydrogen) atoms. The Kier molecular flexibility index (Phi) is 10.7. The molecule has 0 fully saturated rings. The molecule has 206 valence electrons. The third-order valence-corrected chi connectivity index (χ3v) is 5.69. The van der Waals surface area contributed by atoms with E-state index in [1.54, 1.807) is 71.2 Å². The minimum Gasteiger partial charge on any atom is -0.497 e. The topological polar surface area (TPSA) is 140 Å². The van der Waals surface area contributed by atoms with Gasteiger partial charge in [-0.15, -0.1) is 0 Å². The second-order valence-corrected chi connectivity index (χ2v) is 9.80. The maximum absolute atomic E-state index is 13.9. The number of primary amides is 1. The van der Waals surface area contributed by atoms with E-state index < -0.39 is 41.5 Å². The van der Waals surface area contributed by atoms with Crippen molar-refractivity contribution in [2.45, 2.75) is 65.1 Å². The van der Waals surface area contributed by atoms with E-state index in [1.807, 2.05) is 19.1 Å². The standard InChI is InChI=1S/C28H38N4O6/c1-7-32(26(35)22(16-17-23(29)33)31-27(36)38-28(3,4)5)24(21-11-9-8-10-18(21)2)25(34)30-19-12-14-20(37-6)15-13-19/h8-15,22,24H,7,16-17H2,1-6H3,(H2,29,33)(H,30,34)(H,31,36). The van der Waals surface area contributed by atoms with Gasteiger partial charge in [0.1, 0.15) is 23.4 Å². The van der Waals surface area contributed by atoms with Crippen molar-refractivity contribution in [2.75, 3.05) is 19.0 Å². The third-order valence-electron chi connectivity index (χ3n) is 5.69. The summed E-state index contributed by atoms with van der Waals surface area (Å²) in [6, 6.07) is 11.9. The summed E-state index contributed by atoms with van der Waals surface area (Å²) in [6.45, 7) is 8.83. The average Bonchev–Trinajstić information content (AvgIpc) is 2.84. The lowest BCUT2D eigenvalue weighted by atomic mass is 9.97. The Morgan fingerprint density at radius 2 is 1.66 bits per heavy atom. The molecule has 0 aromatic heterocycles. The van der Waals surface area contributed by atoms with Crippen LogP contribution in [0.5, 0.6) is 5.75 Å². The molecule has 0 radical (unpaired) electrons. The maximum atomic E-state index is 13.9. The number of hydrogen-bond acceptors (Lipinski definition) is 6. The molecule has 0 spiro atoms. The summed E-state index contributed by atoms with van der Waals surface area (Å²) in [5, 5.41) is 5.44. The zero-order chi connectivity index (χ0) is 28.5. The van der Waals surface area contributed by atoms with Gasteiger partial charge >= 0.3 is 6.09 Å². The Balaban J connectivity index is 2.45. The number of methoxy groups -OCH3 is 1. The molecule has 2 rings (SSSR count). The number of carbonyl (C=O) groups excluding carboxylic acids is 4. The summed E-state index contributed by atoms with van der Waals surface area (Å²) in [5.41, 5.74) is 6.48. The number of nitrogens with one attached hydrogen (secondary N) is 2. The fourth-order valence-corrected chi connectivity index (χ4v) is 3.89. The van der Waals surface area contributed by atoms with Crippen LogP contribution in [-0.2, 0) is 19.1 Å². The Bertz CT molecular complexity index is 1130. The van der Waals surface area contributed by atoms with E-state index in [0.29, 0.717) is 17.0 Å². The zero-order valence-corrected chi connectivity index (χ0v) is 22.9. The van der Waals surface area contributed by atoms with Crippen molar-refractivity contribution in [3.05, 3.63) is 59.7 Å². The molecule has 2 atom stereocenters. The van der Waals surface area contributed by atoms with Gasteiger partial charge in [-0.2, -0.15) is 0 Å². The van der Waals surface area contributed by atoms with Gasteiger partial charge in [0.2, 0.25) is 11.8 Å². The SMILES string of the molecule is CCN(C(=O)C(CCC(N)=O)NC(=O)OC(C)(C)C)C(C(=O)Nc1ccc(OC)cc1)c1ccccc1C. The smallest absolute Gasteiger partial charge is 0.408 e. The fourth-order valence-electron chi connectivity index (χ4n) is 3.89. The molecule has 2 aromatic carbocycles. The minimum atomic E-state index is -1.14. The van der Waals surface area contributed by atoms with Crippen LogP contribution < -0.4 is 21.1 Å². The first-order chi connectivity index (χ1) is 17.9. The quantitative estimate of drug-likeness (QED) is 0.408. The molecule has 4 amide bonds. The van der Waals surface area contributed by atoms with Crippen LogP contribution in [0.2, 0.25) is 0 Å². The van der Waals surface area contributed by atoms with Crippen LogP contribution in [0.15, 0.2) is 48.5 Å². The summed E-state index contributed by atoms with van der Waals surface area (Å²) < 4.78 is 10.5. The molecule has 0 aliphatic carbocycles. The van der Waals surface area contributed by atoms with E-state index >= 15 is 0 Å². The Hall–Kier alpha value is -4.08. The molecule has 10 heteroatoms. The van der Waals surface area contributed by atoms with Gasteiger partial charge < -0.3 is 30.7 Å². The molecule has 4 N–H and O–H groups in total. The molecular weight excluding hydrogens is 488 g/mol. The van der Waals surface area contributed by atoms with Crippen LogP contribution >= 0.6 is 0 Å². The van der Waals surface area contributed by atoms with Gasteiger partial charge in [0, 0.05) is 18.7 Å². The van der Waals surface area contributed by atoms with Crippen LogP contribution in [0.3, 0.4) is 0 Å². The van der Waals surface area contributed by atoms with E-state index in [1.165, 1.54) is 4.90 Å². The number of ether oxygens (including phenoxy) is 2. The van der Waals surface area contributed by atoms with Crippen molar-refractivity contribution in [1.82, 2.24) is 10.2 Å². The first-order valence-corrected chi connectivity index (χ1v) is 12.4. The molecule has 0 heterocycles. The van der Waals surface area contributed by atoms with Crippen LogP contribution in [0.1, 0.15) is 57.7 Å². The number of rotatable bonds is 11. The van der Waals surface area contributed by atoms with Crippen molar-refractivity contribution in [1.29, 1.82) is 0 Å². The lowest BCUT2D eigenvalue weighted by molar-refractivity contribution is -0.140. The number of alkyl carbamates (subject to hydrolysis) is 1. The minimum absolute atomic E-state index is 0.0511.